The molecular weight excluding hydrogens is 364 g/mol. The third kappa shape index (κ3) is 7.92. The van der Waals surface area contributed by atoms with Gasteiger partial charge in [-0.2, -0.15) is 0 Å². The second kappa shape index (κ2) is 11.8. The molecule has 2 aromatic carbocycles. The minimum absolute atomic E-state index is 0.149. The third-order valence-electron chi connectivity index (χ3n) is 4.44. The molecule has 0 heterocycles. The number of aryl methyl sites for hydroxylation is 1. The zero-order chi connectivity index (χ0) is 21.1. The molecule has 2 rings (SSSR count). The summed E-state index contributed by atoms with van der Waals surface area (Å²) in [5.74, 6) is -0.484. The lowest BCUT2D eigenvalue weighted by Crippen LogP contribution is -2.20. The van der Waals surface area contributed by atoms with Crippen molar-refractivity contribution in [2.24, 2.45) is 0 Å². The molecule has 0 aromatic heterocycles. The van der Waals surface area contributed by atoms with Crippen LogP contribution in [0.15, 0.2) is 54.7 Å². The summed E-state index contributed by atoms with van der Waals surface area (Å²) in [7, 11) is 3.85. The normalized spacial score (nSPS) is 11.0. The van der Waals surface area contributed by atoms with Gasteiger partial charge in [-0.1, -0.05) is 37.6 Å². The number of hydrogen-bond acceptors (Lipinski definition) is 4. The molecule has 5 heteroatoms. The molecule has 0 aliphatic rings. The molecule has 0 atom stereocenters. The summed E-state index contributed by atoms with van der Waals surface area (Å²) in [5, 5.41) is 2.77. The van der Waals surface area contributed by atoms with Crippen molar-refractivity contribution in [3.05, 3.63) is 77.0 Å². The number of esters is 1. The molecule has 0 bridgehead atoms. The number of likely N-dealkylation sites (N-methyl/N-ethyl adjacent to an activating group) is 1. The van der Waals surface area contributed by atoms with Crippen LogP contribution in [0.2, 0.25) is 0 Å². The number of carbonyl (C=O) groups excluding carboxylic acids is 2. The van der Waals surface area contributed by atoms with Gasteiger partial charge in [0.2, 0.25) is 0 Å². The lowest BCUT2D eigenvalue weighted by molar-refractivity contribution is 0.0481. The van der Waals surface area contributed by atoms with E-state index >= 15 is 0 Å². The van der Waals surface area contributed by atoms with Gasteiger partial charge < -0.3 is 15.0 Å². The minimum atomic E-state index is -0.335. The maximum Gasteiger partial charge on any atom is 0.338 e. The summed E-state index contributed by atoms with van der Waals surface area (Å²) in [4.78, 5) is 26.1. The number of rotatable bonds is 10. The number of unbranched alkanes of at least 4 members (excludes halogenated alkanes) is 1. The third-order valence-corrected chi connectivity index (χ3v) is 4.44. The quantitative estimate of drug-likeness (QED) is 0.615. The van der Waals surface area contributed by atoms with Crippen molar-refractivity contribution in [2.75, 3.05) is 27.2 Å². The summed E-state index contributed by atoms with van der Waals surface area (Å²) >= 11 is 0. The van der Waals surface area contributed by atoms with E-state index < -0.39 is 0 Å². The van der Waals surface area contributed by atoms with Gasteiger partial charge in [-0.25, -0.2) is 4.79 Å². The first kappa shape index (κ1) is 22.4. The molecule has 0 saturated carbocycles. The predicted octanol–water partition coefficient (Wildman–Crippen LogP) is 4.15. The number of benzene rings is 2. The fraction of sp³-hybridized carbons (Fsp3) is 0.333. The summed E-state index contributed by atoms with van der Waals surface area (Å²) in [6.07, 6.45) is 6.75. The SMILES string of the molecule is CCCCc1ccc(C(=O)N/C=C/c2ccc(C(=O)OCCN(C)C)cc2)cc1. The van der Waals surface area contributed by atoms with Crippen molar-refractivity contribution in [1.82, 2.24) is 10.2 Å². The van der Waals surface area contributed by atoms with Gasteiger partial charge in [0.05, 0.1) is 5.56 Å². The number of nitrogens with zero attached hydrogens (tertiary/aromatic N) is 1. The lowest BCUT2D eigenvalue weighted by Gasteiger charge is -2.09. The molecule has 0 saturated heterocycles. The number of amides is 1. The van der Waals surface area contributed by atoms with E-state index in [4.69, 9.17) is 4.74 Å². The molecule has 29 heavy (non-hydrogen) atoms. The van der Waals surface area contributed by atoms with Gasteiger partial charge in [-0.3, -0.25) is 4.79 Å². The van der Waals surface area contributed by atoms with Crippen LogP contribution in [0.5, 0.6) is 0 Å². The zero-order valence-electron chi connectivity index (χ0n) is 17.5. The van der Waals surface area contributed by atoms with Gasteiger partial charge in [0, 0.05) is 18.3 Å². The second-order valence-corrected chi connectivity index (χ2v) is 7.17. The van der Waals surface area contributed by atoms with Gasteiger partial charge in [0.15, 0.2) is 0 Å². The van der Waals surface area contributed by atoms with Gasteiger partial charge in [0.1, 0.15) is 6.61 Å². The number of carbonyl (C=O) groups is 2. The van der Waals surface area contributed by atoms with Crippen LogP contribution in [-0.4, -0.2) is 44.0 Å². The largest absolute Gasteiger partial charge is 0.461 e. The molecule has 2 aromatic rings. The van der Waals surface area contributed by atoms with Crippen LogP contribution in [0, 0.1) is 0 Å². The second-order valence-electron chi connectivity index (χ2n) is 7.17. The highest BCUT2D eigenvalue weighted by atomic mass is 16.5. The number of hydrogen-bond donors (Lipinski definition) is 1. The van der Waals surface area contributed by atoms with Crippen molar-refractivity contribution < 1.29 is 14.3 Å². The van der Waals surface area contributed by atoms with E-state index in [-0.39, 0.29) is 11.9 Å². The van der Waals surface area contributed by atoms with E-state index in [1.807, 2.05) is 55.4 Å². The number of ether oxygens (including phenoxy) is 1. The van der Waals surface area contributed by atoms with E-state index in [0.29, 0.717) is 24.3 Å². The van der Waals surface area contributed by atoms with Crippen molar-refractivity contribution in [3.8, 4) is 0 Å². The Labute approximate surface area is 173 Å². The van der Waals surface area contributed by atoms with Crippen LogP contribution >= 0.6 is 0 Å². The van der Waals surface area contributed by atoms with Crippen molar-refractivity contribution in [3.63, 3.8) is 0 Å². The maximum absolute atomic E-state index is 12.2. The minimum Gasteiger partial charge on any atom is -0.461 e. The molecule has 0 fully saturated rings. The molecule has 1 N–H and O–H groups in total. The van der Waals surface area contributed by atoms with Gasteiger partial charge in [0.25, 0.3) is 5.91 Å². The highest BCUT2D eigenvalue weighted by Crippen LogP contribution is 2.09. The van der Waals surface area contributed by atoms with Crippen LogP contribution in [-0.2, 0) is 11.2 Å². The van der Waals surface area contributed by atoms with Crippen molar-refractivity contribution in [1.29, 1.82) is 0 Å². The van der Waals surface area contributed by atoms with Crippen molar-refractivity contribution >= 4 is 18.0 Å². The fourth-order valence-corrected chi connectivity index (χ4v) is 2.64. The molecule has 0 spiro atoms. The van der Waals surface area contributed by atoms with Crippen LogP contribution < -0.4 is 5.32 Å². The molecule has 5 nitrogen and oxygen atoms in total. The van der Waals surface area contributed by atoms with Crippen LogP contribution in [0.1, 0.15) is 51.6 Å². The van der Waals surface area contributed by atoms with Crippen LogP contribution in [0.3, 0.4) is 0 Å². The van der Waals surface area contributed by atoms with Crippen molar-refractivity contribution in [2.45, 2.75) is 26.2 Å². The maximum atomic E-state index is 12.2. The first-order valence-electron chi connectivity index (χ1n) is 9.98. The van der Waals surface area contributed by atoms with E-state index in [1.54, 1.807) is 24.4 Å². The predicted molar refractivity (Wildman–Crippen MR) is 117 cm³/mol. The summed E-state index contributed by atoms with van der Waals surface area (Å²) in [5.41, 5.74) is 3.27. The Kier molecular flexibility index (Phi) is 9.12. The lowest BCUT2D eigenvalue weighted by atomic mass is 10.1. The summed E-state index contributed by atoms with van der Waals surface area (Å²) < 4.78 is 5.21. The van der Waals surface area contributed by atoms with E-state index in [1.165, 1.54) is 5.56 Å². The van der Waals surface area contributed by atoms with Crippen LogP contribution in [0.4, 0.5) is 0 Å². The Hall–Kier alpha value is -2.92. The summed E-state index contributed by atoms with van der Waals surface area (Å²) in [6, 6.07) is 14.8. The zero-order valence-corrected chi connectivity index (χ0v) is 17.5. The first-order chi connectivity index (χ1) is 14.0. The molecule has 0 aliphatic carbocycles. The van der Waals surface area contributed by atoms with E-state index in [2.05, 4.69) is 12.2 Å². The van der Waals surface area contributed by atoms with E-state index in [9.17, 15) is 9.59 Å². The smallest absolute Gasteiger partial charge is 0.338 e. The summed E-state index contributed by atoms with van der Waals surface area (Å²) in [6.45, 7) is 3.21. The Balaban J connectivity index is 1.83. The Morgan fingerprint density at radius 2 is 1.66 bits per heavy atom. The Bertz CT molecular complexity index is 809. The average Bonchev–Trinajstić information content (AvgIpc) is 2.72. The highest BCUT2D eigenvalue weighted by molar-refractivity contribution is 5.95. The van der Waals surface area contributed by atoms with Crippen LogP contribution in [0.25, 0.3) is 6.08 Å². The monoisotopic (exact) mass is 394 g/mol. The molecule has 1 amide bonds. The first-order valence-corrected chi connectivity index (χ1v) is 9.98. The fourth-order valence-electron chi connectivity index (χ4n) is 2.64. The molecule has 0 unspecified atom stereocenters. The highest BCUT2D eigenvalue weighted by Gasteiger charge is 2.07. The van der Waals surface area contributed by atoms with Gasteiger partial charge in [-0.05, 0) is 68.4 Å². The molecular formula is C24H30N2O3. The molecule has 0 radical (unpaired) electrons. The topological polar surface area (TPSA) is 58.6 Å². The Morgan fingerprint density at radius 1 is 1.00 bits per heavy atom. The molecule has 154 valence electrons. The van der Waals surface area contributed by atoms with Gasteiger partial charge >= 0.3 is 5.97 Å². The molecule has 0 aliphatic heterocycles. The number of nitrogens with one attached hydrogen (secondary N) is 1. The average molecular weight is 395 g/mol. The Morgan fingerprint density at radius 3 is 2.28 bits per heavy atom. The van der Waals surface area contributed by atoms with E-state index in [0.717, 1.165) is 24.8 Å². The standard InChI is InChI=1S/C24H30N2O3/c1-4-5-6-19-7-11-21(12-8-19)23(27)25-16-15-20-9-13-22(14-10-20)24(28)29-18-17-26(2)3/h7-16H,4-6,17-18H2,1-3H3,(H,25,27)/b16-15+. The van der Waals surface area contributed by atoms with Gasteiger partial charge in [-0.15, -0.1) is 0 Å².